The van der Waals surface area contributed by atoms with Crippen LogP contribution in [0.5, 0.6) is 0 Å². The summed E-state index contributed by atoms with van der Waals surface area (Å²) in [7, 11) is 0. The average Bonchev–Trinajstić information content (AvgIpc) is 2.95. The van der Waals surface area contributed by atoms with E-state index in [1.165, 1.54) is 32.1 Å². The van der Waals surface area contributed by atoms with Crippen LogP contribution in [0.4, 0.5) is 0 Å². The van der Waals surface area contributed by atoms with Gasteiger partial charge >= 0.3 is 0 Å². The van der Waals surface area contributed by atoms with Crippen molar-refractivity contribution in [3.05, 3.63) is 0 Å². The van der Waals surface area contributed by atoms with Gasteiger partial charge in [0.1, 0.15) is 0 Å². The minimum atomic E-state index is -0.539. The molecule has 2 rings (SSSR count). The Bertz CT molecular complexity index is 193. The zero-order valence-corrected chi connectivity index (χ0v) is 9.75. The molecule has 0 radical (unpaired) electrons. The molecule has 2 heteroatoms. The molecule has 0 aromatic heterocycles. The number of hydrogen-bond donors (Lipinski definition) is 2. The summed E-state index contributed by atoms with van der Waals surface area (Å²) >= 11 is 0. The molecule has 0 heterocycles. The predicted octanol–water partition coefficient (Wildman–Crippen LogP) is 2.59. The van der Waals surface area contributed by atoms with Gasteiger partial charge in [0.25, 0.3) is 0 Å². The summed E-state index contributed by atoms with van der Waals surface area (Å²) in [5.41, 5.74) is 5.66. The second-order valence-corrected chi connectivity index (χ2v) is 5.66. The zero-order chi connectivity index (χ0) is 10.7. The first-order valence-electron chi connectivity index (χ1n) is 6.69. The van der Waals surface area contributed by atoms with Crippen molar-refractivity contribution in [3.8, 4) is 0 Å². The largest absolute Gasteiger partial charge is 0.388 e. The van der Waals surface area contributed by atoms with Crippen LogP contribution in [0.25, 0.3) is 0 Å². The van der Waals surface area contributed by atoms with Gasteiger partial charge in [-0.25, -0.2) is 0 Å². The lowest BCUT2D eigenvalue weighted by molar-refractivity contribution is -0.0137. The fourth-order valence-corrected chi connectivity index (χ4v) is 2.82. The summed E-state index contributed by atoms with van der Waals surface area (Å²) in [4.78, 5) is 0. The first-order chi connectivity index (χ1) is 7.21. The van der Waals surface area contributed by atoms with Crippen LogP contribution in [0.15, 0.2) is 0 Å². The predicted molar refractivity (Wildman–Crippen MR) is 62.6 cm³/mol. The lowest BCUT2D eigenvalue weighted by atomic mass is 9.80. The zero-order valence-electron chi connectivity index (χ0n) is 9.75. The van der Waals surface area contributed by atoms with E-state index in [9.17, 15) is 5.11 Å². The summed E-state index contributed by atoms with van der Waals surface area (Å²) in [6.07, 6.45) is 11.8. The van der Waals surface area contributed by atoms with E-state index in [1.54, 1.807) is 0 Å². The van der Waals surface area contributed by atoms with Crippen molar-refractivity contribution in [1.82, 2.24) is 0 Å². The second kappa shape index (κ2) is 4.84. The van der Waals surface area contributed by atoms with Crippen molar-refractivity contribution in [2.45, 2.75) is 75.9 Å². The molecule has 0 amide bonds. The van der Waals surface area contributed by atoms with Crippen molar-refractivity contribution < 1.29 is 5.11 Å². The van der Waals surface area contributed by atoms with E-state index in [0.717, 1.165) is 38.0 Å². The van der Waals surface area contributed by atoms with Gasteiger partial charge in [-0.15, -0.1) is 0 Å². The Morgan fingerprint density at radius 3 is 2.13 bits per heavy atom. The average molecular weight is 211 g/mol. The summed E-state index contributed by atoms with van der Waals surface area (Å²) in [6, 6.07) is 0.0306. The van der Waals surface area contributed by atoms with E-state index in [0.29, 0.717) is 0 Å². The number of rotatable bonds is 3. The van der Waals surface area contributed by atoms with Crippen molar-refractivity contribution in [3.63, 3.8) is 0 Å². The van der Waals surface area contributed by atoms with Crippen LogP contribution in [0.1, 0.15) is 64.2 Å². The molecule has 15 heavy (non-hydrogen) atoms. The molecule has 0 aliphatic heterocycles. The highest BCUT2D eigenvalue weighted by atomic mass is 16.3. The van der Waals surface area contributed by atoms with Crippen molar-refractivity contribution in [2.75, 3.05) is 0 Å². The van der Waals surface area contributed by atoms with Gasteiger partial charge in [0.2, 0.25) is 0 Å². The molecule has 88 valence electrons. The molecule has 1 unspecified atom stereocenters. The SMILES string of the molecule is NC(CC1CC1)C1(O)CCCCCCC1. The minimum Gasteiger partial charge on any atom is -0.388 e. The standard InChI is InChI=1S/C13H25NO/c14-12(10-11-6-7-11)13(15)8-4-2-1-3-5-9-13/h11-12,15H,1-10,14H2. The van der Waals surface area contributed by atoms with Crippen molar-refractivity contribution >= 4 is 0 Å². The Balaban J connectivity index is 1.87. The molecule has 0 aromatic carbocycles. The number of hydrogen-bond acceptors (Lipinski definition) is 2. The molecule has 0 aromatic rings. The van der Waals surface area contributed by atoms with Gasteiger partial charge in [-0.1, -0.05) is 44.9 Å². The van der Waals surface area contributed by atoms with Crippen molar-refractivity contribution in [1.29, 1.82) is 0 Å². The fourth-order valence-electron chi connectivity index (χ4n) is 2.82. The van der Waals surface area contributed by atoms with E-state index in [2.05, 4.69) is 0 Å². The lowest BCUT2D eigenvalue weighted by Gasteiger charge is -2.35. The minimum absolute atomic E-state index is 0.0306. The summed E-state index contributed by atoms with van der Waals surface area (Å²) in [5, 5.41) is 10.6. The summed E-state index contributed by atoms with van der Waals surface area (Å²) in [5.74, 6) is 0.828. The van der Waals surface area contributed by atoms with E-state index >= 15 is 0 Å². The van der Waals surface area contributed by atoms with Crippen LogP contribution in [0.2, 0.25) is 0 Å². The first kappa shape index (κ1) is 11.4. The summed E-state index contributed by atoms with van der Waals surface area (Å²) in [6.45, 7) is 0. The van der Waals surface area contributed by atoms with E-state index in [1.807, 2.05) is 0 Å². The topological polar surface area (TPSA) is 46.2 Å². The van der Waals surface area contributed by atoms with Crippen molar-refractivity contribution in [2.24, 2.45) is 11.7 Å². The van der Waals surface area contributed by atoms with Crippen LogP contribution >= 0.6 is 0 Å². The van der Waals surface area contributed by atoms with E-state index < -0.39 is 5.60 Å². The highest BCUT2D eigenvalue weighted by Gasteiger charge is 2.37. The van der Waals surface area contributed by atoms with Gasteiger partial charge in [-0.05, 0) is 25.2 Å². The smallest absolute Gasteiger partial charge is 0.0798 e. The van der Waals surface area contributed by atoms with Gasteiger partial charge < -0.3 is 10.8 Å². The van der Waals surface area contributed by atoms with Crippen LogP contribution < -0.4 is 5.73 Å². The molecule has 2 fully saturated rings. The Morgan fingerprint density at radius 1 is 1.07 bits per heavy atom. The van der Waals surface area contributed by atoms with Gasteiger partial charge in [-0.2, -0.15) is 0 Å². The molecular weight excluding hydrogens is 186 g/mol. The van der Waals surface area contributed by atoms with Gasteiger partial charge in [0.05, 0.1) is 5.60 Å². The van der Waals surface area contributed by atoms with E-state index in [-0.39, 0.29) is 6.04 Å². The molecule has 2 aliphatic rings. The third-order valence-electron chi connectivity index (χ3n) is 4.19. The van der Waals surface area contributed by atoms with Gasteiger partial charge in [-0.3, -0.25) is 0 Å². The second-order valence-electron chi connectivity index (χ2n) is 5.66. The highest BCUT2D eigenvalue weighted by molar-refractivity contribution is 4.93. The monoisotopic (exact) mass is 211 g/mol. The maximum atomic E-state index is 10.6. The Kier molecular flexibility index (Phi) is 3.68. The van der Waals surface area contributed by atoms with Gasteiger partial charge in [0, 0.05) is 6.04 Å². The highest BCUT2D eigenvalue weighted by Crippen LogP contribution is 2.38. The maximum Gasteiger partial charge on any atom is 0.0798 e. The molecule has 2 nitrogen and oxygen atoms in total. The lowest BCUT2D eigenvalue weighted by Crippen LogP contribution is -2.48. The normalized spacial score (nSPS) is 29.2. The molecular formula is C13H25NO. The molecule has 1 atom stereocenters. The maximum absolute atomic E-state index is 10.6. The van der Waals surface area contributed by atoms with Crippen LogP contribution in [0, 0.1) is 5.92 Å². The Hall–Kier alpha value is -0.0800. The van der Waals surface area contributed by atoms with Crippen LogP contribution in [-0.2, 0) is 0 Å². The summed E-state index contributed by atoms with van der Waals surface area (Å²) < 4.78 is 0. The molecule has 2 saturated carbocycles. The Labute approximate surface area is 93.2 Å². The van der Waals surface area contributed by atoms with Gasteiger partial charge in [0.15, 0.2) is 0 Å². The van der Waals surface area contributed by atoms with Crippen LogP contribution in [0.3, 0.4) is 0 Å². The van der Waals surface area contributed by atoms with E-state index in [4.69, 9.17) is 5.73 Å². The fraction of sp³-hybridized carbons (Fsp3) is 1.00. The Morgan fingerprint density at radius 2 is 1.60 bits per heavy atom. The van der Waals surface area contributed by atoms with Crippen LogP contribution in [-0.4, -0.2) is 16.7 Å². The quantitative estimate of drug-likeness (QED) is 0.753. The molecule has 0 spiro atoms. The third kappa shape index (κ3) is 3.18. The third-order valence-corrected chi connectivity index (χ3v) is 4.19. The number of aliphatic hydroxyl groups is 1. The molecule has 0 saturated heterocycles. The number of nitrogens with two attached hydrogens (primary N) is 1. The molecule has 3 N–H and O–H groups in total. The molecule has 0 bridgehead atoms. The molecule has 2 aliphatic carbocycles. The first-order valence-corrected chi connectivity index (χ1v) is 6.69.